The van der Waals surface area contributed by atoms with E-state index < -0.39 is 20.0 Å². The average molecular weight is 602 g/mol. The Labute approximate surface area is 251 Å². The van der Waals surface area contributed by atoms with E-state index in [1.54, 1.807) is 6.08 Å². The molecule has 0 rings (SSSR count). The van der Waals surface area contributed by atoms with Crippen LogP contribution in [-0.2, 0) is 18.4 Å². The topological polar surface area (TPSA) is 105 Å². The van der Waals surface area contributed by atoms with Crippen molar-refractivity contribution < 1.29 is 32.9 Å². The van der Waals surface area contributed by atoms with E-state index in [4.69, 9.17) is 9.05 Å². The second-order valence-corrected chi connectivity index (χ2v) is 13.3. The van der Waals surface area contributed by atoms with Crippen molar-refractivity contribution in [3.63, 3.8) is 0 Å². The van der Waals surface area contributed by atoms with Gasteiger partial charge in [-0.2, -0.15) is 0 Å². The highest BCUT2D eigenvalue weighted by Crippen LogP contribution is 2.43. The number of allylic oxidation sites excluding steroid dienone is 5. The van der Waals surface area contributed by atoms with Crippen LogP contribution >= 0.6 is 7.82 Å². The van der Waals surface area contributed by atoms with Crippen molar-refractivity contribution in [2.45, 2.75) is 122 Å². The Bertz CT molecular complexity index is 779. The summed E-state index contributed by atoms with van der Waals surface area (Å²) in [6.45, 7) is 4.60. The molecule has 0 aromatic carbocycles. The molecular formula is C32H62N2O6P+. The molecule has 1 amide bonds. The smallest absolute Gasteiger partial charge is 0.387 e. The van der Waals surface area contributed by atoms with Gasteiger partial charge in [0.1, 0.15) is 13.2 Å². The summed E-state index contributed by atoms with van der Waals surface area (Å²) in [4.78, 5) is 22.7. The van der Waals surface area contributed by atoms with Crippen LogP contribution in [0.15, 0.2) is 36.5 Å². The summed E-state index contributed by atoms with van der Waals surface area (Å²) >= 11 is 0. The molecule has 0 heterocycles. The Morgan fingerprint density at radius 1 is 0.805 bits per heavy atom. The molecule has 0 fully saturated rings. The fourth-order valence-corrected chi connectivity index (χ4v) is 4.67. The third-order valence-corrected chi connectivity index (χ3v) is 7.55. The largest absolute Gasteiger partial charge is 0.472 e. The zero-order valence-corrected chi connectivity index (χ0v) is 27.7. The standard InChI is InChI=1S/C32H61N2O6P/c1-6-8-10-12-14-15-16-17-18-20-22-24-26-32(36)33-30(31(35)25-23-21-19-13-11-9-7-2)29-40-41(37,38)39-28-27-34(3,4)5/h11,13-15,23,25,30-31,35H,6-10,12,16-22,24,26-29H2,1-5H3,(H-,33,36,37,38)/p+1/b13-11+,15-14-,25-23+. The van der Waals surface area contributed by atoms with Crippen molar-refractivity contribution in [3.05, 3.63) is 36.5 Å². The number of aliphatic hydroxyl groups is 1. The highest BCUT2D eigenvalue weighted by atomic mass is 31.2. The van der Waals surface area contributed by atoms with Gasteiger partial charge in [-0.1, -0.05) is 88.8 Å². The number of carbonyl (C=O) groups excluding carboxylic acids is 1. The number of likely N-dealkylation sites (N-methyl/N-ethyl adjacent to an activating group) is 1. The summed E-state index contributed by atoms with van der Waals surface area (Å²) in [6.07, 6.45) is 26.6. The Morgan fingerprint density at radius 2 is 1.39 bits per heavy atom. The number of aliphatic hydroxyl groups excluding tert-OH is 1. The van der Waals surface area contributed by atoms with Crippen LogP contribution in [0.1, 0.15) is 110 Å². The van der Waals surface area contributed by atoms with Gasteiger partial charge in [-0.3, -0.25) is 13.8 Å². The second kappa shape index (κ2) is 25.2. The predicted octanol–water partition coefficient (Wildman–Crippen LogP) is 7.23. The Balaban J connectivity index is 4.64. The van der Waals surface area contributed by atoms with Crippen molar-refractivity contribution in [1.82, 2.24) is 5.32 Å². The molecule has 0 aromatic rings. The van der Waals surface area contributed by atoms with Gasteiger partial charge in [-0.05, 0) is 51.4 Å². The van der Waals surface area contributed by atoms with E-state index in [1.165, 1.54) is 32.1 Å². The van der Waals surface area contributed by atoms with E-state index in [2.05, 4.69) is 43.5 Å². The lowest BCUT2D eigenvalue weighted by molar-refractivity contribution is -0.870. The highest BCUT2D eigenvalue weighted by molar-refractivity contribution is 7.47. The maximum Gasteiger partial charge on any atom is 0.472 e. The maximum absolute atomic E-state index is 12.6. The molecule has 0 aromatic heterocycles. The van der Waals surface area contributed by atoms with Crippen molar-refractivity contribution in [2.75, 3.05) is 40.9 Å². The normalized spacial score (nSPS) is 15.6. The SMILES string of the molecule is CCC/C=C/CC/C=C/C(O)C(COP(=O)(O)OCC[N+](C)(C)C)NC(=O)CCCCCCC/C=C\CCCCC. The van der Waals surface area contributed by atoms with E-state index in [-0.39, 0.29) is 19.1 Å². The van der Waals surface area contributed by atoms with Crippen LogP contribution in [0.3, 0.4) is 0 Å². The number of quaternary nitrogens is 1. The van der Waals surface area contributed by atoms with E-state index in [0.717, 1.165) is 57.8 Å². The van der Waals surface area contributed by atoms with Crippen LogP contribution in [0.5, 0.6) is 0 Å². The fourth-order valence-electron chi connectivity index (χ4n) is 3.94. The number of unbranched alkanes of at least 4 members (excludes halogenated alkanes) is 10. The summed E-state index contributed by atoms with van der Waals surface area (Å²) in [7, 11) is 1.53. The first-order valence-electron chi connectivity index (χ1n) is 15.9. The molecule has 3 unspecified atom stereocenters. The van der Waals surface area contributed by atoms with Crippen LogP contribution in [0.25, 0.3) is 0 Å². The van der Waals surface area contributed by atoms with E-state index in [0.29, 0.717) is 17.4 Å². The summed E-state index contributed by atoms with van der Waals surface area (Å²) in [5.41, 5.74) is 0. The summed E-state index contributed by atoms with van der Waals surface area (Å²) in [5, 5.41) is 13.5. The molecule has 0 radical (unpaired) electrons. The van der Waals surface area contributed by atoms with Gasteiger partial charge in [0.15, 0.2) is 0 Å². The first kappa shape index (κ1) is 39.7. The van der Waals surface area contributed by atoms with Gasteiger partial charge >= 0.3 is 7.82 Å². The number of nitrogens with one attached hydrogen (secondary N) is 1. The molecule has 3 N–H and O–H groups in total. The molecule has 0 bridgehead atoms. The van der Waals surface area contributed by atoms with Crippen molar-refractivity contribution in [2.24, 2.45) is 0 Å². The van der Waals surface area contributed by atoms with Gasteiger partial charge in [-0.25, -0.2) is 4.57 Å². The number of rotatable bonds is 27. The number of amides is 1. The molecule has 240 valence electrons. The number of phosphoric ester groups is 1. The minimum atomic E-state index is -4.32. The van der Waals surface area contributed by atoms with Crippen LogP contribution in [0.4, 0.5) is 0 Å². The first-order chi connectivity index (χ1) is 19.5. The van der Waals surface area contributed by atoms with Crippen molar-refractivity contribution >= 4 is 13.7 Å². The van der Waals surface area contributed by atoms with E-state index in [1.807, 2.05) is 27.2 Å². The van der Waals surface area contributed by atoms with Gasteiger partial charge in [-0.15, -0.1) is 0 Å². The quantitative estimate of drug-likeness (QED) is 0.0397. The highest BCUT2D eigenvalue weighted by Gasteiger charge is 2.27. The fraction of sp³-hybridized carbons (Fsp3) is 0.781. The Kier molecular flexibility index (Phi) is 24.5. The monoisotopic (exact) mass is 601 g/mol. The molecule has 0 aliphatic carbocycles. The van der Waals surface area contributed by atoms with Crippen LogP contribution < -0.4 is 5.32 Å². The third-order valence-electron chi connectivity index (χ3n) is 6.56. The summed E-state index contributed by atoms with van der Waals surface area (Å²) in [5.74, 6) is -0.206. The molecule has 0 aliphatic rings. The second-order valence-electron chi connectivity index (χ2n) is 11.8. The average Bonchev–Trinajstić information content (AvgIpc) is 2.90. The molecule has 0 spiro atoms. The minimum absolute atomic E-state index is 0.0531. The Hall–Kier alpha value is -1.28. The Morgan fingerprint density at radius 3 is 2.05 bits per heavy atom. The van der Waals surface area contributed by atoms with Crippen molar-refractivity contribution in [1.29, 1.82) is 0 Å². The van der Waals surface area contributed by atoms with Gasteiger partial charge in [0.25, 0.3) is 0 Å². The molecule has 3 atom stereocenters. The molecule has 0 saturated carbocycles. The number of nitrogens with zero attached hydrogens (tertiary/aromatic N) is 1. The zero-order chi connectivity index (χ0) is 30.8. The number of hydrogen-bond acceptors (Lipinski definition) is 5. The zero-order valence-electron chi connectivity index (χ0n) is 26.8. The lowest BCUT2D eigenvalue weighted by Gasteiger charge is -2.25. The summed E-state index contributed by atoms with van der Waals surface area (Å²) < 4.78 is 23.2. The van der Waals surface area contributed by atoms with Crippen LogP contribution in [-0.4, -0.2) is 73.4 Å². The first-order valence-corrected chi connectivity index (χ1v) is 17.4. The lowest BCUT2D eigenvalue weighted by Crippen LogP contribution is -2.45. The van der Waals surface area contributed by atoms with Crippen LogP contribution in [0, 0.1) is 0 Å². The number of hydrogen-bond donors (Lipinski definition) is 3. The molecular weight excluding hydrogens is 539 g/mol. The van der Waals surface area contributed by atoms with Crippen molar-refractivity contribution in [3.8, 4) is 0 Å². The van der Waals surface area contributed by atoms with E-state index >= 15 is 0 Å². The minimum Gasteiger partial charge on any atom is -0.387 e. The molecule has 0 saturated heterocycles. The maximum atomic E-state index is 12.6. The number of carbonyl (C=O) groups is 1. The van der Waals surface area contributed by atoms with Gasteiger partial charge < -0.3 is 19.8 Å². The van der Waals surface area contributed by atoms with Crippen LogP contribution in [0.2, 0.25) is 0 Å². The molecule has 9 heteroatoms. The molecule has 41 heavy (non-hydrogen) atoms. The van der Waals surface area contributed by atoms with Gasteiger partial charge in [0.05, 0.1) is 39.9 Å². The van der Waals surface area contributed by atoms with Gasteiger partial charge in [0, 0.05) is 6.42 Å². The molecule has 8 nitrogen and oxygen atoms in total. The molecule has 0 aliphatic heterocycles. The predicted molar refractivity (Wildman–Crippen MR) is 171 cm³/mol. The summed E-state index contributed by atoms with van der Waals surface area (Å²) in [6, 6.07) is -0.860. The third kappa shape index (κ3) is 27.3. The lowest BCUT2D eigenvalue weighted by atomic mass is 10.1. The number of phosphoric acid groups is 1. The van der Waals surface area contributed by atoms with Gasteiger partial charge in [0.2, 0.25) is 5.91 Å². The van der Waals surface area contributed by atoms with E-state index in [9.17, 15) is 19.4 Å².